The van der Waals surface area contributed by atoms with Crippen molar-refractivity contribution in [3.63, 3.8) is 0 Å². The molecule has 2 spiro atoms. The Morgan fingerprint density at radius 3 is 2.89 bits per heavy atom. The number of piperidine rings is 1. The fourth-order valence-electron chi connectivity index (χ4n) is 8.02. The molecule has 4 aliphatic heterocycles. The quantitative estimate of drug-likeness (QED) is 0.807. The molecule has 0 unspecified atom stereocenters. The smallest absolute Gasteiger partial charge is 0.224 e. The van der Waals surface area contributed by atoms with Crippen molar-refractivity contribution in [1.82, 2.24) is 4.90 Å². The van der Waals surface area contributed by atoms with Crippen molar-refractivity contribution >= 4 is 11.6 Å². The number of ether oxygens (including phenoxy) is 2. The Kier molecular flexibility index (Phi) is 3.19. The van der Waals surface area contributed by atoms with Crippen molar-refractivity contribution in [2.45, 2.75) is 62.6 Å². The summed E-state index contributed by atoms with van der Waals surface area (Å²) in [6.07, 6.45) is 6.57. The maximum absolute atomic E-state index is 12.9. The molecule has 1 aromatic rings. The van der Waals surface area contributed by atoms with E-state index in [2.05, 4.69) is 11.0 Å². The molecule has 0 aromatic heterocycles. The fourth-order valence-corrected chi connectivity index (χ4v) is 8.02. The molecule has 4 heterocycles. The number of carbonyl (C=O) groups excluding carboxylic acids is 1. The zero-order chi connectivity index (χ0) is 19.3. The van der Waals surface area contributed by atoms with Crippen molar-refractivity contribution < 1.29 is 19.4 Å². The molecule has 6 rings (SSSR count). The molecule has 150 valence electrons. The summed E-state index contributed by atoms with van der Waals surface area (Å²) >= 11 is 0. The lowest BCUT2D eigenvalue weighted by Crippen LogP contribution is -2.73. The van der Waals surface area contributed by atoms with E-state index in [0.717, 1.165) is 50.9 Å². The third-order valence-corrected chi connectivity index (χ3v) is 8.69. The first kappa shape index (κ1) is 17.1. The highest BCUT2D eigenvalue weighted by Crippen LogP contribution is 2.74. The molecule has 3 saturated heterocycles. The number of hydrogen-bond acceptors (Lipinski definition) is 5. The molecule has 1 aliphatic carbocycles. The number of benzene rings is 1. The average Bonchev–Trinajstić information content (AvgIpc) is 3.32. The van der Waals surface area contributed by atoms with Gasteiger partial charge in [-0.05, 0) is 50.2 Å². The van der Waals surface area contributed by atoms with Crippen LogP contribution in [0.3, 0.4) is 0 Å². The first-order valence-electron chi connectivity index (χ1n) is 10.6. The van der Waals surface area contributed by atoms with Crippen LogP contribution in [-0.2, 0) is 14.9 Å². The normalized spacial score (nSPS) is 40.6. The van der Waals surface area contributed by atoms with Gasteiger partial charge in [-0.3, -0.25) is 9.69 Å². The Morgan fingerprint density at radius 1 is 1.25 bits per heavy atom. The number of carbonyl (C=O) groups is 1. The van der Waals surface area contributed by atoms with Crippen molar-refractivity contribution in [2.75, 3.05) is 31.7 Å². The van der Waals surface area contributed by atoms with Crippen LogP contribution in [0.1, 0.15) is 51.0 Å². The van der Waals surface area contributed by atoms with Crippen LogP contribution >= 0.6 is 0 Å². The van der Waals surface area contributed by atoms with E-state index < -0.39 is 0 Å². The van der Waals surface area contributed by atoms with Gasteiger partial charge in [-0.1, -0.05) is 6.07 Å². The molecule has 4 atom stereocenters. The Bertz CT molecular complexity index is 888. The van der Waals surface area contributed by atoms with E-state index in [4.69, 9.17) is 9.47 Å². The Balaban J connectivity index is 1.68. The molecule has 1 N–H and O–H groups in total. The summed E-state index contributed by atoms with van der Waals surface area (Å²) in [5.41, 5.74) is 1.29. The number of phenols is 1. The highest BCUT2D eigenvalue weighted by molar-refractivity contribution is 5.99. The maximum Gasteiger partial charge on any atom is 0.224 e. The third kappa shape index (κ3) is 1.53. The molecule has 4 fully saturated rings. The number of hydrogen-bond donors (Lipinski definition) is 1. The minimum Gasteiger partial charge on any atom is -0.503 e. The molecule has 28 heavy (non-hydrogen) atoms. The van der Waals surface area contributed by atoms with Gasteiger partial charge in [0.25, 0.3) is 0 Å². The van der Waals surface area contributed by atoms with Crippen LogP contribution in [0.4, 0.5) is 5.69 Å². The van der Waals surface area contributed by atoms with Gasteiger partial charge in [-0.2, -0.15) is 0 Å². The second-order valence-electron chi connectivity index (χ2n) is 9.29. The second-order valence-corrected chi connectivity index (χ2v) is 9.29. The second kappa shape index (κ2) is 5.22. The number of phenolic OH excluding ortho intramolecular Hbond substituents is 1. The topological polar surface area (TPSA) is 62.2 Å². The average molecular weight is 384 g/mol. The highest BCUT2D eigenvalue weighted by atomic mass is 16.5. The van der Waals surface area contributed by atoms with Gasteiger partial charge in [-0.15, -0.1) is 0 Å². The molecular formula is C22H28N2O4. The van der Waals surface area contributed by atoms with E-state index in [1.54, 1.807) is 14.0 Å². The molecule has 0 radical (unpaired) electrons. The van der Waals surface area contributed by atoms with E-state index in [9.17, 15) is 9.90 Å². The standard InChI is InChI=1S/C22H28N2O4/c1-14(25)24-17-6-8-20-7-3-11-23-12-9-21(17,22(20,23)28-13-10-20)15-4-5-16(27-2)19(26)18(15)24/h4-5,17,26H,3,6-13H2,1-2H3/t17-,20-,21-,22+/m1/s1. The number of nitrogens with zero attached hydrogens (tertiary/aromatic N) is 2. The lowest BCUT2D eigenvalue weighted by molar-refractivity contribution is -0.232. The van der Waals surface area contributed by atoms with Crippen LogP contribution in [-0.4, -0.2) is 54.5 Å². The van der Waals surface area contributed by atoms with Gasteiger partial charge in [0.2, 0.25) is 5.91 Å². The summed E-state index contributed by atoms with van der Waals surface area (Å²) in [4.78, 5) is 17.3. The van der Waals surface area contributed by atoms with E-state index in [0.29, 0.717) is 11.4 Å². The summed E-state index contributed by atoms with van der Waals surface area (Å²) in [5.74, 6) is 0.505. The lowest BCUT2D eigenvalue weighted by Gasteiger charge is -2.62. The third-order valence-electron chi connectivity index (χ3n) is 8.69. The monoisotopic (exact) mass is 384 g/mol. The summed E-state index contributed by atoms with van der Waals surface area (Å²) in [6.45, 7) is 4.47. The number of fused-ring (bicyclic) bond motifs is 1. The molecular weight excluding hydrogens is 356 g/mol. The van der Waals surface area contributed by atoms with Gasteiger partial charge in [0, 0.05) is 32.0 Å². The number of methoxy groups -OCH3 is 1. The lowest BCUT2D eigenvalue weighted by atomic mass is 9.50. The van der Waals surface area contributed by atoms with Crippen molar-refractivity contribution in [3.8, 4) is 11.5 Å². The minimum atomic E-state index is -0.346. The Morgan fingerprint density at radius 2 is 2.11 bits per heavy atom. The van der Waals surface area contributed by atoms with Crippen LogP contribution in [0.25, 0.3) is 0 Å². The first-order valence-corrected chi connectivity index (χ1v) is 10.6. The Hall–Kier alpha value is -1.79. The maximum atomic E-state index is 12.9. The zero-order valence-corrected chi connectivity index (χ0v) is 16.7. The zero-order valence-electron chi connectivity index (χ0n) is 16.7. The van der Waals surface area contributed by atoms with E-state index in [1.165, 1.54) is 12.8 Å². The van der Waals surface area contributed by atoms with Gasteiger partial charge in [0.1, 0.15) is 5.72 Å². The fraction of sp³-hybridized carbons (Fsp3) is 0.682. The van der Waals surface area contributed by atoms with E-state index in [1.807, 2.05) is 11.0 Å². The SMILES string of the molecule is COc1ccc2c(c1O)N(C(C)=O)[C@@H]1CC[C@@]34CCCN5CC[C@@]21[C@]53OCC4. The van der Waals surface area contributed by atoms with Gasteiger partial charge in [0.05, 0.1) is 24.3 Å². The van der Waals surface area contributed by atoms with E-state index in [-0.39, 0.29) is 34.3 Å². The molecule has 0 bridgehead atoms. The largest absolute Gasteiger partial charge is 0.503 e. The van der Waals surface area contributed by atoms with Crippen LogP contribution < -0.4 is 9.64 Å². The van der Waals surface area contributed by atoms with Crippen molar-refractivity contribution in [1.29, 1.82) is 0 Å². The van der Waals surface area contributed by atoms with Crippen molar-refractivity contribution in [3.05, 3.63) is 17.7 Å². The minimum absolute atomic E-state index is 0.0113. The van der Waals surface area contributed by atoms with Gasteiger partial charge < -0.3 is 19.5 Å². The van der Waals surface area contributed by atoms with Crippen molar-refractivity contribution in [2.24, 2.45) is 5.41 Å². The molecule has 1 amide bonds. The van der Waals surface area contributed by atoms with Crippen LogP contribution in [0, 0.1) is 5.41 Å². The summed E-state index contributed by atoms with van der Waals surface area (Å²) in [5, 5.41) is 11.1. The number of anilines is 1. The number of amides is 1. The molecule has 6 heteroatoms. The first-order chi connectivity index (χ1) is 13.5. The van der Waals surface area contributed by atoms with Gasteiger partial charge >= 0.3 is 0 Å². The van der Waals surface area contributed by atoms with Crippen LogP contribution in [0.5, 0.6) is 11.5 Å². The molecule has 1 aromatic carbocycles. The molecule has 5 aliphatic rings. The number of aromatic hydroxyl groups is 1. The van der Waals surface area contributed by atoms with Crippen LogP contribution in [0.2, 0.25) is 0 Å². The van der Waals surface area contributed by atoms with Gasteiger partial charge in [0.15, 0.2) is 11.5 Å². The van der Waals surface area contributed by atoms with E-state index >= 15 is 0 Å². The predicted octanol–water partition coefficient (Wildman–Crippen LogP) is 2.77. The van der Waals surface area contributed by atoms with Gasteiger partial charge in [-0.25, -0.2) is 0 Å². The predicted molar refractivity (Wildman–Crippen MR) is 104 cm³/mol. The summed E-state index contributed by atoms with van der Waals surface area (Å²) < 4.78 is 12.2. The Labute approximate surface area is 165 Å². The summed E-state index contributed by atoms with van der Waals surface area (Å²) in [6, 6.07) is 3.98. The van der Waals surface area contributed by atoms with Crippen LogP contribution in [0.15, 0.2) is 12.1 Å². The number of rotatable bonds is 1. The summed E-state index contributed by atoms with van der Waals surface area (Å²) in [7, 11) is 1.56. The molecule has 6 nitrogen and oxygen atoms in total. The molecule has 1 saturated carbocycles. The highest BCUT2D eigenvalue weighted by Gasteiger charge is 2.80.